The molecule has 0 bridgehead atoms. The molecular formula is C10H8O3. The van der Waals surface area contributed by atoms with Gasteiger partial charge in [0.25, 0.3) is 6.47 Å². The first kappa shape index (κ1) is 7.86. The fourth-order valence-electron chi connectivity index (χ4n) is 1.31. The van der Waals surface area contributed by atoms with E-state index in [1.54, 1.807) is 6.26 Å². The van der Waals surface area contributed by atoms with Crippen LogP contribution >= 0.6 is 0 Å². The molecular weight excluding hydrogens is 168 g/mol. The number of ether oxygens (including phenoxy) is 1. The number of fused-ring (bicyclic) bond motifs is 1. The highest BCUT2D eigenvalue weighted by Gasteiger charge is 2.02. The second kappa shape index (κ2) is 3.31. The molecule has 0 radical (unpaired) electrons. The number of hydrogen-bond acceptors (Lipinski definition) is 3. The van der Waals surface area contributed by atoms with E-state index in [9.17, 15) is 4.79 Å². The van der Waals surface area contributed by atoms with Crippen molar-refractivity contribution in [3.8, 4) is 0 Å². The minimum atomic E-state index is 0.292. The van der Waals surface area contributed by atoms with Gasteiger partial charge in [0.2, 0.25) is 0 Å². The van der Waals surface area contributed by atoms with E-state index in [1.807, 2.05) is 24.3 Å². The highest BCUT2D eigenvalue weighted by molar-refractivity contribution is 5.80. The van der Waals surface area contributed by atoms with E-state index in [0.29, 0.717) is 13.1 Å². The molecule has 3 nitrogen and oxygen atoms in total. The summed E-state index contributed by atoms with van der Waals surface area (Å²) in [6.07, 6.45) is 1.62. The number of carbonyl (C=O) groups is 1. The summed E-state index contributed by atoms with van der Waals surface area (Å²) in [5.74, 6) is 0. The maximum absolute atomic E-state index is 10.0. The van der Waals surface area contributed by atoms with Gasteiger partial charge in [0.1, 0.15) is 12.2 Å². The maximum Gasteiger partial charge on any atom is 0.293 e. The van der Waals surface area contributed by atoms with Crippen molar-refractivity contribution in [2.45, 2.75) is 6.61 Å². The summed E-state index contributed by atoms with van der Waals surface area (Å²) in [6.45, 7) is 0.735. The zero-order valence-electron chi connectivity index (χ0n) is 6.90. The van der Waals surface area contributed by atoms with Crippen molar-refractivity contribution in [1.82, 2.24) is 0 Å². The van der Waals surface area contributed by atoms with Crippen LogP contribution in [0.25, 0.3) is 11.0 Å². The Morgan fingerprint density at radius 3 is 3.15 bits per heavy atom. The molecule has 0 unspecified atom stereocenters. The first-order chi connectivity index (χ1) is 6.42. The predicted molar refractivity (Wildman–Crippen MR) is 47.1 cm³/mol. The Morgan fingerprint density at radius 1 is 1.38 bits per heavy atom. The average Bonchev–Trinajstić information content (AvgIpc) is 2.62. The van der Waals surface area contributed by atoms with Crippen molar-refractivity contribution in [1.29, 1.82) is 0 Å². The lowest BCUT2D eigenvalue weighted by Crippen LogP contribution is -1.89. The fraction of sp³-hybridized carbons (Fsp3) is 0.100. The van der Waals surface area contributed by atoms with Crippen LogP contribution in [0.5, 0.6) is 0 Å². The summed E-state index contributed by atoms with van der Waals surface area (Å²) >= 11 is 0. The van der Waals surface area contributed by atoms with Crippen LogP contribution in [0.2, 0.25) is 0 Å². The van der Waals surface area contributed by atoms with Crippen molar-refractivity contribution in [2.24, 2.45) is 0 Å². The number of rotatable bonds is 3. The van der Waals surface area contributed by atoms with E-state index in [2.05, 4.69) is 4.74 Å². The minimum absolute atomic E-state index is 0.292. The van der Waals surface area contributed by atoms with Gasteiger partial charge in [-0.15, -0.1) is 0 Å². The molecule has 0 atom stereocenters. The molecule has 1 aromatic heterocycles. The molecule has 0 fully saturated rings. The number of benzene rings is 1. The molecule has 0 aliphatic carbocycles. The van der Waals surface area contributed by atoms with Gasteiger partial charge in [0, 0.05) is 10.9 Å². The van der Waals surface area contributed by atoms with Gasteiger partial charge < -0.3 is 9.15 Å². The van der Waals surface area contributed by atoms with E-state index < -0.39 is 0 Å². The molecule has 1 aromatic carbocycles. The topological polar surface area (TPSA) is 39.4 Å². The van der Waals surface area contributed by atoms with Crippen molar-refractivity contribution >= 4 is 17.4 Å². The van der Waals surface area contributed by atoms with Gasteiger partial charge in [-0.25, -0.2) is 0 Å². The van der Waals surface area contributed by atoms with Crippen molar-refractivity contribution in [3.05, 3.63) is 36.1 Å². The molecule has 0 aliphatic rings. The Hall–Kier alpha value is -1.77. The quantitative estimate of drug-likeness (QED) is 0.672. The normalized spacial score (nSPS) is 10.2. The Bertz CT molecular complexity index is 417. The van der Waals surface area contributed by atoms with Crippen molar-refractivity contribution in [3.63, 3.8) is 0 Å². The van der Waals surface area contributed by atoms with Crippen molar-refractivity contribution in [2.75, 3.05) is 0 Å². The zero-order chi connectivity index (χ0) is 9.10. The molecule has 3 heteroatoms. The molecule has 2 rings (SSSR count). The van der Waals surface area contributed by atoms with Crippen LogP contribution in [0.4, 0.5) is 0 Å². The molecule has 0 spiro atoms. The van der Waals surface area contributed by atoms with E-state index in [0.717, 1.165) is 16.5 Å². The fourth-order valence-corrected chi connectivity index (χ4v) is 1.31. The van der Waals surface area contributed by atoms with Crippen LogP contribution in [0, 0.1) is 0 Å². The highest BCUT2D eigenvalue weighted by Crippen LogP contribution is 2.19. The molecule has 0 aliphatic heterocycles. The van der Waals surface area contributed by atoms with Gasteiger partial charge in [-0.3, -0.25) is 4.79 Å². The monoisotopic (exact) mass is 176 g/mol. The summed E-state index contributed by atoms with van der Waals surface area (Å²) in [5, 5.41) is 0.990. The SMILES string of the molecule is O=COCc1cccc2occc12. The van der Waals surface area contributed by atoms with E-state index in [4.69, 9.17) is 4.42 Å². The highest BCUT2D eigenvalue weighted by atomic mass is 16.5. The molecule has 66 valence electrons. The third kappa shape index (κ3) is 1.40. The Morgan fingerprint density at radius 2 is 2.31 bits per heavy atom. The predicted octanol–water partition coefficient (Wildman–Crippen LogP) is 2.11. The van der Waals surface area contributed by atoms with Gasteiger partial charge in [-0.1, -0.05) is 12.1 Å². The Kier molecular flexibility index (Phi) is 2.00. The molecule has 0 saturated heterocycles. The standard InChI is InChI=1S/C10H8O3/c11-7-12-6-8-2-1-3-10-9(8)4-5-13-10/h1-5,7H,6H2. The van der Waals surface area contributed by atoms with Gasteiger partial charge in [0.05, 0.1) is 6.26 Å². The van der Waals surface area contributed by atoms with E-state index in [-0.39, 0.29) is 0 Å². The van der Waals surface area contributed by atoms with Gasteiger partial charge in [-0.05, 0) is 12.1 Å². The van der Waals surface area contributed by atoms with Crippen LogP contribution in [0.3, 0.4) is 0 Å². The second-order valence-corrected chi connectivity index (χ2v) is 2.66. The largest absolute Gasteiger partial charge is 0.464 e. The smallest absolute Gasteiger partial charge is 0.293 e. The Labute approximate surface area is 74.9 Å². The second-order valence-electron chi connectivity index (χ2n) is 2.66. The minimum Gasteiger partial charge on any atom is -0.464 e. The third-order valence-electron chi connectivity index (χ3n) is 1.89. The lowest BCUT2D eigenvalue weighted by molar-refractivity contribution is -0.129. The molecule has 0 N–H and O–H groups in total. The summed E-state index contributed by atoms with van der Waals surface area (Å²) in [7, 11) is 0. The van der Waals surface area contributed by atoms with Crippen LogP contribution in [-0.4, -0.2) is 6.47 Å². The summed E-state index contributed by atoms with van der Waals surface area (Å²) in [6, 6.07) is 7.51. The first-order valence-electron chi connectivity index (χ1n) is 3.92. The molecule has 1 heterocycles. The molecule has 0 saturated carbocycles. The van der Waals surface area contributed by atoms with E-state index >= 15 is 0 Å². The summed E-state index contributed by atoms with van der Waals surface area (Å²) < 4.78 is 9.87. The van der Waals surface area contributed by atoms with Gasteiger partial charge >= 0.3 is 0 Å². The van der Waals surface area contributed by atoms with Gasteiger partial charge in [-0.2, -0.15) is 0 Å². The van der Waals surface area contributed by atoms with Crippen LogP contribution in [0.15, 0.2) is 34.9 Å². The third-order valence-corrected chi connectivity index (χ3v) is 1.89. The van der Waals surface area contributed by atoms with Crippen LogP contribution in [0.1, 0.15) is 5.56 Å². The van der Waals surface area contributed by atoms with Crippen molar-refractivity contribution < 1.29 is 13.9 Å². The maximum atomic E-state index is 10.0. The van der Waals surface area contributed by atoms with Gasteiger partial charge in [0.15, 0.2) is 0 Å². The lowest BCUT2D eigenvalue weighted by Gasteiger charge is -1.99. The Balaban J connectivity index is 2.42. The average molecular weight is 176 g/mol. The summed E-state index contributed by atoms with van der Waals surface area (Å²) in [4.78, 5) is 10.0. The first-order valence-corrected chi connectivity index (χ1v) is 3.92. The van der Waals surface area contributed by atoms with Crippen LogP contribution in [-0.2, 0) is 16.1 Å². The van der Waals surface area contributed by atoms with Crippen LogP contribution < -0.4 is 0 Å². The summed E-state index contributed by atoms with van der Waals surface area (Å²) in [5.41, 5.74) is 1.77. The zero-order valence-corrected chi connectivity index (χ0v) is 6.90. The number of furan rings is 1. The lowest BCUT2D eigenvalue weighted by atomic mass is 10.1. The van der Waals surface area contributed by atoms with E-state index in [1.165, 1.54) is 0 Å². The molecule has 13 heavy (non-hydrogen) atoms. The molecule has 2 aromatic rings. The molecule has 0 amide bonds. The number of carbonyl (C=O) groups excluding carboxylic acids is 1. The number of hydrogen-bond donors (Lipinski definition) is 0.